The van der Waals surface area contributed by atoms with E-state index in [9.17, 15) is 9.90 Å². The van der Waals surface area contributed by atoms with E-state index in [2.05, 4.69) is 21.7 Å². The van der Waals surface area contributed by atoms with Gasteiger partial charge in [0.1, 0.15) is 6.10 Å². The standard InChI is InChI=1S/C26H26N4O4/c1-4-25(32)30-10-8-19(9-11-30)34-24-13-20-21(14-23(24)33-3)28-15-22(27-2)26(20)29-18-7-5-6-17(12-18)16-31/h4-7,12-15,19,31H,1,8-11,16H2,3H3,(H,28,29). The lowest BCUT2D eigenvalue weighted by molar-refractivity contribution is -0.127. The Morgan fingerprint density at radius 3 is 2.79 bits per heavy atom. The number of aromatic nitrogens is 1. The van der Waals surface area contributed by atoms with Crippen LogP contribution in [0.3, 0.4) is 0 Å². The molecule has 0 spiro atoms. The summed E-state index contributed by atoms with van der Waals surface area (Å²) in [7, 11) is 1.58. The molecule has 2 N–H and O–H groups in total. The van der Waals surface area contributed by atoms with Gasteiger partial charge in [0.25, 0.3) is 0 Å². The molecule has 2 aromatic carbocycles. The van der Waals surface area contributed by atoms with E-state index in [-0.39, 0.29) is 18.6 Å². The molecule has 0 unspecified atom stereocenters. The average molecular weight is 459 g/mol. The van der Waals surface area contributed by atoms with E-state index in [1.165, 1.54) is 12.3 Å². The highest BCUT2D eigenvalue weighted by atomic mass is 16.5. The Hall–Kier alpha value is -4.09. The molecule has 1 aromatic heterocycles. The summed E-state index contributed by atoms with van der Waals surface area (Å²) in [5, 5.41) is 13.5. The van der Waals surface area contributed by atoms with Gasteiger partial charge < -0.3 is 24.8 Å². The molecule has 1 amide bonds. The Balaban J connectivity index is 1.68. The molecule has 34 heavy (non-hydrogen) atoms. The first-order valence-corrected chi connectivity index (χ1v) is 11.0. The van der Waals surface area contributed by atoms with Crippen LogP contribution in [0.4, 0.5) is 17.1 Å². The van der Waals surface area contributed by atoms with E-state index in [1.807, 2.05) is 30.3 Å². The number of ether oxygens (including phenoxy) is 2. The fraction of sp³-hybridized carbons (Fsp3) is 0.269. The van der Waals surface area contributed by atoms with E-state index in [0.29, 0.717) is 54.3 Å². The molecule has 8 heteroatoms. The van der Waals surface area contributed by atoms with Crippen molar-refractivity contribution in [1.29, 1.82) is 0 Å². The number of rotatable bonds is 7. The number of pyridine rings is 1. The third-order valence-corrected chi connectivity index (χ3v) is 5.85. The molecule has 0 bridgehead atoms. The molecular weight excluding hydrogens is 432 g/mol. The summed E-state index contributed by atoms with van der Waals surface area (Å²) in [5.74, 6) is 1.04. The molecule has 0 radical (unpaired) electrons. The van der Waals surface area contributed by atoms with Crippen molar-refractivity contribution in [2.75, 3.05) is 25.5 Å². The number of nitrogens with zero attached hydrogens (tertiary/aromatic N) is 3. The Kier molecular flexibility index (Phi) is 6.95. The number of hydrogen-bond acceptors (Lipinski definition) is 6. The molecule has 1 fully saturated rings. The van der Waals surface area contributed by atoms with Crippen LogP contribution in [0.5, 0.6) is 11.5 Å². The zero-order valence-corrected chi connectivity index (χ0v) is 19.0. The van der Waals surface area contributed by atoms with Gasteiger partial charge in [0.2, 0.25) is 11.6 Å². The van der Waals surface area contributed by atoms with Crippen LogP contribution in [-0.4, -0.2) is 47.2 Å². The third-order valence-electron chi connectivity index (χ3n) is 5.85. The SMILES string of the molecule is [C-]#[N+]c1cnc2cc(OC)c(OC3CCN(C(=O)C=C)CC3)cc2c1Nc1cccc(CO)c1. The number of methoxy groups -OCH3 is 1. The number of fused-ring (bicyclic) bond motifs is 1. The van der Waals surface area contributed by atoms with Crippen LogP contribution in [0.1, 0.15) is 18.4 Å². The molecule has 0 atom stereocenters. The van der Waals surface area contributed by atoms with Crippen molar-refractivity contribution < 1.29 is 19.4 Å². The second-order valence-electron chi connectivity index (χ2n) is 7.98. The highest BCUT2D eigenvalue weighted by Crippen LogP contribution is 2.41. The van der Waals surface area contributed by atoms with E-state index in [1.54, 1.807) is 18.1 Å². The largest absolute Gasteiger partial charge is 0.493 e. The zero-order chi connectivity index (χ0) is 24.1. The first kappa shape index (κ1) is 23.1. The summed E-state index contributed by atoms with van der Waals surface area (Å²) in [4.78, 5) is 21.7. The van der Waals surface area contributed by atoms with Crippen molar-refractivity contribution >= 4 is 33.9 Å². The van der Waals surface area contributed by atoms with Crippen molar-refractivity contribution in [2.24, 2.45) is 0 Å². The third kappa shape index (κ3) is 4.80. The second kappa shape index (κ2) is 10.2. The Bertz CT molecular complexity index is 1260. The molecule has 1 aliphatic rings. The zero-order valence-electron chi connectivity index (χ0n) is 19.0. The predicted octanol–water partition coefficient (Wildman–Crippen LogP) is 4.59. The summed E-state index contributed by atoms with van der Waals surface area (Å²) in [6.07, 6.45) is 4.18. The lowest BCUT2D eigenvalue weighted by Crippen LogP contribution is -2.41. The highest BCUT2D eigenvalue weighted by Gasteiger charge is 2.24. The van der Waals surface area contributed by atoms with Crippen molar-refractivity contribution in [3.63, 3.8) is 0 Å². The lowest BCUT2D eigenvalue weighted by Gasteiger charge is -2.31. The number of anilines is 2. The summed E-state index contributed by atoms with van der Waals surface area (Å²) in [6, 6.07) is 11.0. The molecule has 0 saturated carbocycles. The lowest BCUT2D eigenvalue weighted by atomic mass is 10.1. The number of likely N-dealkylation sites (tertiary alicyclic amines) is 1. The van der Waals surface area contributed by atoms with E-state index in [4.69, 9.17) is 16.0 Å². The minimum atomic E-state index is -0.0747. The van der Waals surface area contributed by atoms with Gasteiger partial charge in [-0.3, -0.25) is 9.78 Å². The number of carbonyl (C=O) groups excluding carboxylic acids is 1. The fourth-order valence-corrected chi connectivity index (χ4v) is 4.05. The first-order chi connectivity index (χ1) is 16.6. The average Bonchev–Trinajstić information content (AvgIpc) is 2.88. The number of hydrogen-bond donors (Lipinski definition) is 2. The number of benzene rings is 2. The monoisotopic (exact) mass is 458 g/mol. The van der Waals surface area contributed by atoms with Crippen molar-refractivity contribution in [2.45, 2.75) is 25.6 Å². The van der Waals surface area contributed by atoms with E-state index >= 15 is 0 Å². The van der Waals surface area contributed by atoms with Gasteiger partial charge in [-0.25, -0.2) is 4.85 Å². The van der Waals surface area contributed by atoms with Crippen LogP contribution in [0.15, 0.2) is 55.3 Å². The first-order valence-electron chi connectivity index (χ1n) is 11.0. The van der Waals surface area contributed by atoms with Gasteiger partial charge in [-0.05, 0) is 29.8 Å². The van der Waals surface area contributed by atoms with Gasteiger partial charge in [-0.1, -0.05) is 18.7 Å². The van der Waals surface area contributed by atoms with Gasteiger partial charge in [-0.2, -0.15) is 0 Å². The molecule has 1 saturated heterocycles. The Morgan fingerprint density at radius 1 is 1.32 bits per heavy atom. The van der Waals surface area contributed by atoms with Crippen LogP contribution < -0.4 is 14.8 Å². The number of nitrogens with one attached hydrogen (secondary N) is 1. The quantitative estimate of drug-likeness (QED) is 0.398. The van der Waals surface area contributed by atoms with Gasteiger partial charge >= 0.3 is 0 Å². The second-order valence-corrected chi connectivity index (χ2v) is 7.98. The molecule has 1 aliphatic heterocycles. The van der Waals surface area contributed by atoms with Gasteiger partial charge in [0, 0.05) is 49.3 Å². The number of aliphatic hydroxyl groups is 1. The number of amides is 1. The van der Waals surface area contributed by atoms with Crippen LogP contribution in [0, 0.1) is 6.57 Å². The van der Waals surface area contributed by atoms with Crippen LogP contribution in [0.2, 0.25) is 0 Å². The van der Waals surface area contributed by atoms with Crippen LogP contribution in [-0.2, 0) is 11.4 Å². The van der Waals surface area contributed by atoms with Crippen molar-refractivity contribution in [3.8, 4) is 11.5 Å². The van der Waals surface area contributed by atoms with E-state index < -0.39 is 0 Å². The Labute approximate surface area is 198 Å². The number of piperidine rings is 1. The smallest absolute Gasteiger partial charge is 0.245 e. The van der Waals surface area contributed by atoms with Crippen molar-refractivity contribution in [3.05, 3.63) is 72.2 Å². The number of carbonyl (C=O) groups is 1. The Morgan fingerprint density at radius 2 is 2.12 bits per heavy atom. The van der Waals surface area contributed by atoms with Crippen LogP contribution >= 0.6 is 0 Å². The van der Waals surface area contributed by atoms with Gasteiger partial charge in [0.05, 0.1) is 31.5 Å². The molecule has 4 rings (SSSR count). The maximum absolute atomic E-state index is 11.9. The summed E-state index contributed by atoms with van der Waals surface area (Å²) in [6.45, 7) is 12.3. The highest BCUT2D eigenvalue weighted by molar-refractivity contribution is 6.01. The van der Waals surface area contributed by atoms with Crippen molar-refractivity contribution in [1.82, 2.24) is 9.88 Å². The molecule has 0 aliphatic carbocycles. The minimum Gasteiger partial charge on any atom is -0.493 e. The molecule has 174 valence electrons. The molecular formula is C26H26N4O4. The maximum atomic E-state index is 11.9. The number of aliphatic hydroxyl groups excluding tert-OH is 1. The van der Waals surface area contributed by atoms with Crippen LogP contribution in [0.25, 0.3) is 15.7 Å². The molecule has 2 heterocycles. The maximum Gasteiger partial charge on any atom is 0.245 e. The summed E-state index contributed by atoms with van der Waals surface area (Å²) in [5.41, 5.74) is 3.15. The summed E-state index contributed by atoms with van der Waals surface area (Å²) >= 11 is 0. The fourth-order valence-electron chi connectivity index (χ4n) is 4.05. The van der Waals surface area contributed by atoms with Gasteiger partial charge in [-0.15, -0.1) is 0 Å². The van der Waals surface area contributed by atoms with Gasteiger partial charge in [0.15, 0.2) is 11.5 Å². The molecule has 3 aromatic rings. The topological polar surface area (TPSA) is 88.3 Å². The summed E-state index contributed by atoms with van der Waals surface area (Å²) < 4.78 is 11.9. The predicted molar refractivity (Wildman–Crippen MR) is 131 cm³/mol. The van der Waals surface area contributed by atoms with E-state index in [0.717, 1.165) is 16.6 Å². The normalized spacial score (nSPS) is 13.9. The minimum absolute atomic E-state index is 0.0690. The molecule has 8 nitrogen and oxygen atoms in total.